The van der Waals surface area contributed by atoms with E-state index in [1.165, 1.54) is 6.42 Å². The zero-order valence-electron chi connectivity index (χ0n) is 12.1. The van der Waals surface area contributed by atoms with Crippen LogP contribution in [0.1, 0.15) is 32.1 Å². The standard InChI is InChI=1S/C15H22ClNO3S/c16-10-13-20-14-6-8-15(9-7-14)21(18,19)17-11-4-2-1-3-5-12-17/h6-9H,1-5,10-13H2. The van der Waals surface area contributed by atoms with E-state index in [0.717, 1.165) is 25.7 Å². The highest BCUT2D eigenvalue weighted by molar-refractivity contribution is 7.89. The van der Waals surface area contributed by atoms with E-state index in [4.69, 9.17) is 16.3 Å². The quantitative estimate of drug-likeness (QED) is 0.778. The van der Waals surface area contributed by atoms with E-state index in [2.05, 4.69) is 0 Å². The summed E-state index contributed by atoms with van der Waals surface area (Å²) in [7, 11) is -3.39. The molecule has 0 bridgehead atoms. The summed E-state index contributed by atoms with van der Waals surface area (Å²) in [5.41, 5.74) is 0. The van der Waals surface area contributed by atoms with Crippen molar-refractivity contribution in [2.24, 2.45) is 0 Å². The first-order valence-corrected chi connectivity index (χ1v) is 9.41. The van der Waals surface area contributed by atoms with Crippen LogP contribution in [0.15, 0.2) is 29.2 Å². The van der Waals surface area contributed by atoms with Crippen LogP contribution in [0.5, 0.6) is 5.75 Å². The second-order valence-corrected chi connectivity index (χ2v) is 7.50. The predicted molar refractivity (Wildman–Crippen MR) is 84.5 cm³/mol. The van der Waals surface area contributed by atoms with Gasteiger partial charge in [-0.1, -0.05) is 19.3 Å². The zero-order valence-corrected chi connectivity index (χ0v) is 13.7. The van der Waals surface area contributed by atoms with Gasteiger partial charge < -0.3 is 4.74 Å². The molecule has 21 heavy (non-hydrogen) atoms. The Labute approximate surface area is 132 Å². The van der Waals surface area contributed by atoms with Crippen molar-refractivity contribution in [3.63, 3.8) is 0 Å². The Morgan fingerprint density at radius 2 is 1.57 bits per heavy atom. The molecule has 1 aliphatic rings. The third kappa shape index (κ3) is 4.59. The van der Waals surface area contributed by atoms with Crippen molar-refractivity contribution < 1.29 is 13.2 Å². The number of sulfonamides is 1. The first-order chi connectivity index (χ1) is 10.1. The Bertz CT molecular complexity index is 522. The lowest BCUT2D eigenvalue weighted by Gasteiger charge is -2.24. The monoisotopic (exact) mass is 331 g/mol. The van der Waals surface area contributed by atoms with Crippen LogP contribution in [0, 0.1) is 0 Å². The Hall–Kier alpha value is -0.780. The number of hydrogen-bond acceptors (Lipinski definition) is 3. The number of hydrogen-bond donors (Lipinski definition) is 0. The molecule has 0 unspecified atom stereocenters. The average molecular weight is 332 g/mol. The summed E-state index contributed by atoms with van der Waals surface area (Å²) >= 11 is 5.56. The minimum absolute atomic E-state index is 0.335. The maximum absolute atomic E-state index is 12.6. The van der Waals surface area contributed by atoms with Crippen molar-refractivity contribution in [1.82, 2.24) is 4.31 Å². The molecular formula is C15H22ClNO3S. The second kappa shape index (κ2) is 8.01. The number of benzene rings is 1. The first-order valence-electron chi connectivity index (χ1n) is 7.43. The van der Waals surface area contributed by atoms with Gasteiger partial charge in [0.15, 0.2) is 0 Å². The van der Waals surface area contributed by atoms with Crippen molar-refractivity contribution in [1.29, 1.82) is 0 Å². The molecule has 4 nitrogen and oxygen atoms in total. The molecule has 0 aromatic heterocycles. The molecule has 0 spiro atoms. The third-order valence-corrected chi connectivity index (χ3v) is 5.69. The summed E-state index contributed by atoms with van der Waals surface area (Å²) in [4.78, 5) is 0.335. The van der Waals surface area contributed by atoms with Gasteiger partial charge in [0.2, 0.25) is 10.0 Å². The number of nitrogens with zero attached hydrogens (tertiary/aromatic N) is 1. The Morgan fingerprint density at radius 1 is 1.00 bits per heavy atom. The van der Waals surface area contributed by atoms with Gasteiger partial charge in [0, 0.05) is 13.1 Å². The van der Waals surface area contributed by atoms with Crippen LogP contribution < -0.4 is 4.74 Å². The SMILES string of the molecule is O=S(=O)(c1ccc(OCCCl)cc1)N1CCCCCCC1. The van der Waals surface area contributed by atoms with Gasteiger partial charge in [-0.3, -0.25) is 0 Å². The van der Waals surface area contributed by atoms with E-state index in [0.29, 0.717) is 36.2 Å². The smallest absolute Gasteiger partial charge is 0.243 e. The summed E-state index contributed by atoms with van der Waals surface area (Å²) in [6, 6.07) is 6.59. The highest BCUT2D eigenvalue weighted by Gasteiger charge is 2.24. The van der Waals surface area contributed by atoms with E-state index in [1.54, 1.807) is 28.6 Å². The molecule has 6 heteroatoms. The lowest BCUT2D eigenvalue weighted by molar-refractivity contribution is 0.342. The number of rotatable bonds is 5. The van der Waals surface area contributed by atoms with Gasteiger partial charge in [-0.25, -0.2) is 8.42 Å². The summed E-state index contributed by atoms with van der Waals surface area (Å²) < 4.78 is 32.3. The predicted octanol–water partition coefficient (Wildman–Crippen LogP) is 3.26. The largest absolute Gasteiger partial charge is 0.492 e. The zero-order chi connectivity index (χ0) is 15.1. The maximum Gasteiger partial charge on any atom is 0.243 e. The summed E-state index contributed by atoms with van der Waals surface area (Å²) in [6.07, 6.45) is 5.31. The van der Waals surface area contributed by atoms with Gasteiger partial charge in [0.1, 0.15) is 12.4 Å². The summed E-state index contributed by atoms with van der Waals surface area (Å²) in [5.74, 6) is 1.05. The molecule has 0 radical (unpaired) electrons. The van der Waals surface area contributed by atoms with Crippen molar-refractivity contribution in [2.75, 3.05) is 25.6 Å². The van der Waals surface area contributed by atoms with Crippen LogP contribution in [0.3, 0.4) is 0 Å². The molecule has 118 valence electrons. The number of halogens is 1. The molecule has 2 rings (SSSR count). The highest BCUT2D eigenvalue weighted by Crippen LogP contribution is 2.22. The van der Waals surface area contributed by atoms with Crippen molar-refractivity contribution in [3.05, 3.63) is 24.3 Å². The van der Waals surface area contributed by atoms with Crippen LogP contribution >= 0.6 is 11.6 Å². The minimum Gasteiger partial charge on any atom is -0.492 e. The lowest BCUT2D eigenvalue weighted by atomic mass is 10.1. The first kappa shape index (κ1) is 16.6. The van der Waals surface area contributed by atoms with E-state index in [1.807, 2.05) is 0 Å². The van der Waals surface area contributed by atoms with E-state index < -0.39 is 10.0 Å². The molecule has 1 fully saturated rings. The summed E-state index contributed by atoms with van der Waals surface area (Å²) in [6.45, 7) is 1.65. The Morgan fingerprint density at radius 3 is 2.14 bits per heavy atom. The average Bonchev–Trinajstić information content (AvgIpc) is 2.45. The number of alkyl halides is 1. The van der Waals surface area contributed by atoms with E-state index >= 15 is 0 Å². The van der Waals surface area contributed by atoms with Gasteiger partial charge >= 0.3 is 0 Å². The van der Waals surface area contributed by atoms with Crippen LogP contribution in [0.2, 0.25) is 0 Å². The molecule has 0 saturated carbocycles. The van der Waals surface area contributed by atoms with Gasteiger partial charge in [0.25, 0.3) is 0 Å². The van der Waals surface area contributed by atoms with Gasteiger partial charge in [-0.15, -0.1) is 11.6 Å². The van der Waals surface area contributed by atoms with Crippen molar-refractivity contribution in [2.45, 2.75) is 37.0 Å². The topological polar surface area (TPSA) is 46.6 Å². The van der Waals surface area contributed by atoms with E-state index in [9.17, 15) is 8.42 Å². The molecule has 1 aliphatic heterocycles. The molecule has 1 saturated heterocycles. The lowest BCUT2D eigenvalue weighted by Crippen LogP contribution is -2.33. The Kier molecular flexibility index (Phi) is 6.33. The molecule has 0 aliphatic carbocycles. The molecule has 1 heterocycles. The second-order valence-electron chi connectivity index (χ2n) is 5.18. The fraction of sp³-hybridized carbons (Fsp3) is 0.600. The van der Waals surface area contributed by atoms with Gasteiger partial charge in [-0.05, 0) is 37.1 Å². The van der Waals surface area contributed by atoms with Crippen LogP contribution in [-0.4, -0.2) is 38.3 Å². The van der Waals surface area contributed by atoms with Crippen LogP contribution in [0.25, 0.3) is 0 Å². The number of ether oxygens (including phenoxy) is 1. The van der Waals surface area contributed by atoms with Crippen LogP contribution in [0.4, 0.5) is 0 Å². The molecule has 0 atom stereocenters. The fourth-order valence-electron chi connectivity index (χ4n) is 2.47. The Balaban J connectivity index is 2.10. The minimum atomic E-state index is -3.39. The van der Waals surface area contributed by atoms with E-state index in [-0.39, 0.29) is 0 Å². The van der Waals surface area contributed by atoms with Crippen molar-refractivity contribution in [3.8, 4) is 5.75 Å². The molecule has 0 N–H and O–H groups in total. The van der Waals surface area contributed by atoms with Crippen LogP contribution in [-0.2, 0) is 10.0 Å². The normalized spacial score (nSPS) is 18.0. The van der Waals surface area contributed by atoms with Gasteiger partial charge in [-0.2, -0.15) is 4.31 Å². The summed E-state index contributed by atoms with van der Waals surface area (Å²) in [5, 5.41) is 0. The van der Waals surface area contributed by atoms with Crippen molar-refractivity contribution >= 4 is 21.6 Å². The van der Waals surface area contributed by atoms with Gasteiger partial charge in [0.05, 0.1) is 10.8 Å². The third-order valence-electron chi connectivity index (χ3n) is 3.62. The molecule has 1 aromatic rings. The molecule has 0 amide bonds. The fourth-order valence-corrected chi connectivity index (χ4v) is 4.07. The molecular weight excluding hydrogens is 310 g/mol. The maximum atomic E-state index is 12.6. The molecule has 1 aromatic carbocycles. The highest BCUT2D eigenvalue weighted by atomic mass is 35.5.